The molecule has 1 rings (SSSR count). The Hall–Kier alpha value is -0.560. The van der Waals surface area contributed by atoms with E-state index in [0.717, 1.165) is 5.56 Å². The Labute approximate surface area is 53.3 Å². The lowest BCUT2D eigenvalue weighted by Crippen LogP contribution is -1.73. The van der Waals surface area contributed by atoms with Crippen LogP contribution in [0.4, 0.5) is 0 Å². The third-order valence-electron chi connectivity index (χ3n) is 0.842. The Bertz CT molecular complexity index is 168. The molecule has 1 aromatic heterocycles. The molecule has 0 fully saturated rings. The van der Waals surface area contributed by atoms with Crippen molar-refractivity contribution < 1.29 is 0 Å². The van der Waals surface area contributed by atoms with E-state index in [1.165, 1.54) is 0 Å². The molecule has 42 valence electrons. The number of aryl methyl sites for hydroxylation is 1. The van der Waals surface area contributed by atoms with Gasteiger partial charge in [0.1, 0.15) is 0 Å². The highest BCUT2D eigenvalue weighted by atomic mass is 35.5. The van der Waals surface area contributed by atoms with Gasteiger partial charge in [0.2, 0.25) is 0 Å². The number of hydrogen-bond donors (Lipinski definition) is 0. The smallest absolute Gasteiger partial charge is 0.0591 e. The van der Waals surface area contributed by atoms with Crippen molar-refractivity contribution in [3.05, 3.63) is 29.0 Å². The molecule has 0 atom stereocenters. The molecule has 0 N–H and O–H groups in total. The fourth-order valence-electron chi connectivity index (χ4n) is 0.518. The van der Waals surface area contributed by atoms with Gasteiger partial charge in [-0.05, 0) is 18.6 Å². The van der Waals surface area contributed by atoms with Gasteiger partial charge in [-0.3, -0.25) is 4.98 Å². The minimum atomic E-state index is 0.699. The van der Waals surface area contributed by atoms with E-state index in [1.54, 1.807) is 12.4 Å². The molecule has 1 nitrogen and oxygen atoms in total. The van der Waals surface area contributed by atoms with Gasteiger partial charge >= 0.3 is 0 Å². The fraction of sp³-hybridized carbons (Fsp3) is 0.167. The summed E-state index contributed by atoms with van der Waals surface area (Å²) < 4.78 is 0. The zero-order valence-electron chi connectivity index (χ0n) is 4.56. The van der Waals surface area contributed by atoms with Crippen LogP contribution in [-0.2, 0) is 0 Å². The topological polar surface area (TPSA) is 12.9 Å². The predicted octanol–water partition coefficient (Wildman–Crippen LogP) is 2.04. The van der Waals surface area contributed by atoms with E-state index in [4.69, 9.17) is 11.6 Å². The van der Waals surface area contributed by atoms with Crippen LogP contribution in [0.1, 0.15) is 5.56 Å². The van der Waals surface area contributed by atoms with E-state index in [2.05, 4.69) is 4.98 Å². The average Bonchev–Trinajstić information content (AvgIpc) is 1.64. The molecular weight excluding hydrogens is 122 g/mol. The molecule has 0 aromatic carbocycles. The van der Waals surface area contributed by atoms with E-state index < -0.39 is 0 Å². The molecule has 0 spiro atoms. The number of rotatable bonds is 0. The lowest BCUT2D eigenvalue weighted by molar-refractivity contribution is 1.27. The largest absolute Gasteiger partial charge is 0.263 e. The summed E-state index contributed by atoms with van der Waals surface area (Å²) in [4.78, 5) is 3.85. The van der Waals surface area contributed by atoms with Crippen LogP contribution >= 0.6 is 11.6 Å². The van der Waals surface area contributed by atoms with E-state index in [1.807, 2.05) is 13.0 Å². The summed E-state index contributed by atoms with van der Waals surface area (Å²) in [6.07, 6.45) is 3.39. The molecule has 0 aliphatic rings. The number of nitrogens with zero attached hydrogens (tertiary/aromatic N) is 1. The van der Waals surface area contributed by atoms with Crippen LogP contribution in [0.5, 0.6) is 0 Å². The van der Waals surface area contributed by atoms with Crippen LogP contribution in [0.2, 0.25) is 5.02 Å². The summed E-state index contributed by atoms with van der Waals surface area (Å²) in [6, 6.07) is 1.87. The maximum Gasteiger partial charge on any atom is 0.0591 e. The van der Waals surface area contributed by atoms with Crippen LogP contribution in [0.25, 0.3) is 0 Å². The van der Waals surface area contributed by atoms with Crippen LogP contribution < -0.4 is 0 Å². The standard InChI is InChI=1S/C6H6ClN/c1-5-2-6(7)4-8-3-5/h2-4H,1H3. The Morgan fingerprint density at radius 1 is 1.50 bits per heavy atom. The quantitative estimate of drug-likeness (QED) is 0.520. The maximum absolute atomic E-state index is 5.58. The van der Waals surface area contributed by atoms with E-state index >= 15 is 0 Å². The van der Waals surface area contributed by atoms with Crippen LogP contribution in [0, 0.1) is 6.92 Å². The minimum absolute atomic E-state index is 0.699. The molecule has 0 saturated carbocycles. The van der Waals surface area contributed by atoms with Crippen molar-refractivity contribution in [3.8, 4) is 0 Å². The van der Waals surface area contributed by atoms with Gasteiger partial charge in [-0.2, -0.15) is 0 Å². The zero-order valence-corrected chi connectivity index (χ0v) is 5.31. The van der Waals surface area contributed by atoms with Crippen molar-refractivity contribution in [1.29, 1.82) is 0 Å². The second kappa shape index (κ2) is 2.14. The van der Waals surface area contributed by atoms with Crippen molar-refractivity contribution in [1.82, 2.24) is 4.98 Å². The monoisotopic (exact) mass is 127 g/mol. The molecule has 0 unspecified atom stereocenters. The summed E-state index contributed by atoms with van der Waals surface area (Å²) in [5.74, 6) is 0. The van der Waals surface area contributed by atoms with E-state index in [0.29, 0.717) is 5.02 Å². The summed E-state index contributed by atoms with van der Waals surface area (Å²) in [6.45, 7) is 1.96. The summed E-state index contributed by atoms with van der Waals surface area (Å²) >= 11 is 5.58. The second-order valence-corrected chi connectivity index (χ2v) is 2.12. The molecular formula is C6H6ClN. The van der Waals surface area contributed by atoms with Crippen molar-refractivity contribution in [2.45, 2.75) is 6.92 Å². The Balaban J connectivity index is 3.08. The Kier molecular flexibility index (Phi) is 1.49. The third kappa shape index (κ3) is 1.20. The second-order valence-electron chi connectivity index (χ2n) is 1.68. The molecule has 0 aliphatic heterocycles. The highest BCUT2D eigenvalue weighted by Crippen LogP contribution is 2.05. The van der Waals surface area contributed by atoms with Gasteiger partial charge in [-0.1, -0.05) is 11.6 Å². The molecule has 0 bridgehead atoms. The molecule has 0 saturated heterocycles. The lowest BCUT2D eigenvalue weighted by atomic mass is 10.3. The molecule has 1 heterocycles. The zero-order chi connectivity index (χ0) is 5.98. The molecule has 0 radical (unpaired) electrons. The van der Waals surface area contributed by atoms with Crippen molar-refractivity contribution in [2.24, 2.45) is 0 Å². The van der Waals surface area contributed by atoms with Crippen LogP contribution in [0.3, 0.4) is 0 Å². The van der Waals surface area contributed by atoms with Crippen LogP contribution in [0.15, 0.2) is 18.5 Å². The first-order valence-electron chi connectivity index (χ1n) is 2.36. The molecule has 2 heteroatoms. The molecule has 0 amide bonds. The van der Waals surface area contributed by atoms with Gasteiger partial charge in [0, 0.05) is 12.4 Å². The van der Waals surface area contributed by atoms with Crippen molar-refractivity contribution >= 4 is 11.6 Å². The molecule has 8 heavy (non-hydrogen) atoms. The molecule has 1 aromatic rings. The highest BCUT2D eigenvalue weighted by Gasteiger charge is 1.84. The summed E-state index contributed by atoms with van der Waals surface area (Å²) in [5, 5.41) is 0.699. The van der Waals surface area contributed by atoms with Gasteiger partial charge in [0.05, 0.1) is 5.02 Å². The van der Waals surface area contributed by atoms with Gasteiger partial charge in [0.25, 0.3) is 0 Å². The predicted molar refractivity (Wildman–Crippen MR) is 34.0 cm³/mol. The van der Waals surface area contributed by atoms with Crippen LogP contribution in [-0.4, -0.2) is 4.98 Å². The van der Waals surface area contributed by atoms with E-state index in [9.17, 15) is 0 Å². The first kappa shape index (κ1) is 5.57. The van der Waals surface area contributed by atoms with Crippen molar-refractivity contribution in [3.63, 3.8) is 0 Å². The first-order valence-corrected chi connectivity index (χ1v) is 2.74. The van der Waals surface area contributed by atoms with E-state index in [-0.39, 0.29) is 0 Å². The Morgan fingerprint density at radius 2 is 2.25 bits per heavy atom. The normalized spacial score (nSPS) is 9.25. The third-order valence-corrected chi connectivity index (χ3v) is 1.05. The minimum Gasteiger partial charge on any atom is -0.263 e. The number of hydrogen-bond acceptors (Lipinski definition) is 1. The number of halogens is 1. The highest BCUT2D eigenvalue weighted by molar-refractivity contribution is 6.30. The van der Waals surface area contributed by atoms with Gasteiger partial charge in [-0.25, -0.2) is 0 Å². The average molecular weight is 128 g/mol. The number of pyridine rings is 1. The first-order chi connectivity index (χ1) is 3.79. The summed E-state index contributed by atoms with van der Waals surface area (Å²) in [7, 11) is 0. The van der Waals surface area contributed by atoms with Crippen molar-refractivity contribution in [2.75, 3.05) is 0 Å². The SMILES string of the molecule is Cc1cncc(Cl)c1. The van der Waals surface area contributed by atoms with Gasteiger partial charge in [-0.15, -0.1) is 0 Å². The number of aromatic nitrogens is 1. The maximum atomic E-state index is 5.58. The Morgan fingerprint density at radius 3 is 2.62 bits per heavy atom. The lowest BCUT2D eigenvalue weighted by Gasteiger charge is -1.88. The summed E-state index contributed by atoms with van der Waals surface area (Å²) in [5.41, 5.74) is 1.09. The van der Waals surface area contributed by atoms with Gasteiger partial charge in [0.15, 0.2) is 0 Å². The van der Waals surface area contributed by atoms with Gasteiger partial charge < -0.3 is 0 Å². The fourth-order valence-corrected chi connectivity index (χ4v) is 0.747. The molecule has 0 aliphatic carbocycles.